The van der Waals surface area contributed by atoms with Crippen LogP contribution in [0.4, 0.5) is 0 Å². The molecule has 1 saturated heterocycles. The monoisotopic (exact) mass is 484 g/mol. The zero-order chi connectivity index (χ0) is 23.7. The highest BCUT2D eigenvalue weighted by Crippen LogP contribution is 2.37. The molecule has 0 amide bonds. The molecule has 3 atom stereocenters. The number of ether oxygens (including phenoxy) is 1. The third kappa shape index (κ3) is 6.82. The van der Waals surface area contributed by atoms with Crippen LogP contribution in [0.3, 0.4) is 0 Å². The average molecular weight is 485 g/mol. The van der Waals surface area contributed by atoms with Crippen molar-refractivity contribution < 1.29 is 9.16 Å². The minimum absolute atomic E-state index is 0.0411. The van der Waals surface area contributed by atoms with Crippen LogP contribution in [-0.4, -0.2) is 32.5 Å². The molecule has 0 radical (unpaired) electrons. The molecule has 0 bridgehead atoms. The van der Waals surface area contributed by atoms with Crippen LogP contribution < -0.4 is 10.4 Å². The number of halogens is 1. The lowest BCUT2D eigenvalue weighted by Crippen LogP contribution is -2.66. The normalized spacial score (nSPS) is 19.3. The van der Waals surface area contributed by atoms with Crippen molar-refractivity contribution >= 4 is 30.3 Å². The van der Waals surface area contributed by atoms with Gasteiger partial charge in [0.05, 0.1) is 11.5 Å². The Morgan fingerprint density at radius 2 is 1.48 bits per heavy atom. The van der Waals surface area contributed by atoms with E-state index in [1.807, 2.05) is 6.08 Å². The van der Waals surface area contributed by atoms with Crippen molar-refractivity contribution in [3.05, 3.63) is 73.3 Å². The van der Waals surface area contributed by atoms with Gasteiger partial charge in [-0.1, -0.05) is 113 Å². The van der Waals surface area contributed by atoms with Crippen LogP contribution in [0.25, 0.3) is 0 Å². The van der Waals surface area contributed by atoms with Crippen molar-refractivity contribution in [1.82, 2.24) is 0 Å². The van der Waals surface area contributed by atoms with Crippen molar-refractivity contribution in [1.29, 1.82) is 0 Å². The first-order valence-corrected chi connectivity index (χ1v) is 14.9. The first-order valence-electron chi connectivity index (χ1n) is 12.6. The molecule has 0 unspecified atom stereocenters. The zero-order valence-corrected chi connectivity index (χ0v) is 22.4. The summed E-state index contributed by atoms with van der Waals surface area (Å²) < 4.78 is 12.6. The molecule has 3 rings (SSSR count). The van der Waals surface area contributed by atoms with Crippen LogP contribution in [-0.2, 0) is 9.16 Å². The van der Waals surface area contributed by atoms with Gasteiger partial charge in [-0.15, -0.1) is 18.2 Å². The first kappa shape index (κ1) is 26.2. The van der Waals surface area contributed by atoms with Crippen LogP contribution in [0.5, 0.6) is 0 Å². The van der Waals surface area contributed by atoms with Gasteiger partial charge in [0.15, 0.2) is 0 Å². The summed E-state index contributed by atoms with van der Waals surface area (Å²) in [7, 11) is -2.40. The molecule has 1 aliphatic rings. The zero-order valence-electron chi connectivity index (χ0n) is 20.6. The van der Waals surface area contributed by atoms with Gasteiger partial charge in [0.1, 0.15) is 6.10 Å². The standard InChI is InChI=1S/C29H41ClO2Si/c1-5-17-27-28(32-27)26(30)22-15-7-6-8-16-23-31-33(29(2,3)4,24-18-11-9-12-19-24)25-20-13-10-14-21-25/h5,9-14,18-21,26-28H,1,6-8,15-17,22-23H2,2-4H3/t26-,27-,28-/m1/s1. The maximum atomic E-state index is 6.98. The molecular formula is C29H41ClO2Si. The van der Waals surface area contributed by atoms with E-state index >= 15 is 0 Å². The van der Waals surface area contributed by atoms with Crippen LogP contribution in [0.1, 0.15) is 65.7 Å². The van der Waals surface area contributed by atoms with Crippen LogP contribution in [0.15, 0.2) is 73.3 Å². The minimum atomic E-state index is -2.40. The second kappa shape index (κ2) is 12.4. The fourth-order valence-corrected chi connectivity index (χ4v) is 9.93. The molecule has 1 fully saturated rings. The summed E-state index contributed by atoms with van der Waals surface area (Å²) in [5, 5.41) is 2.90. The smallest absolute Gasteiger partial charge is 0.261 e. The van der Waals surface area contributed by atoms with Gasteiger partial charge in [-0.05, 0) is 34.7 Å². The second-order valence-electron chi connectivity index (χ2n) is 10.2. The fraction of sp³-hybridized carbons (Fsp3) is 0.517. The van der Waals surface area contributed by atoms with Gasteiger partial charge in [-0.25, -0.2) is 0 Å². The summed E-state index contributed by atoms with van der Waals surface area (Å²) in [5.74, 6) is 0. The van der Waals surface area contributed by atoms with Crippen LogP contribution >= 0.6 is 11.6 Å². The van der Waals surface area contributed by atoms with E-state index in [1.54, 1.807) is 0 Å². The number of epoxide rings is 1. The van der Waals surface area contributed by atoms with Gasteiger partial charge in [-0.2, -0.15) is 0 Å². The number of hydrogen-bond acceptors (Lipinski definition) is 2. The van der Waals surface area contributed by atoms with Gasteiger partial charge < -0.3 is 9.16 Å². The van der Waals surface area contributed by atoms with E-state index in [1.165, 1.54) is 36.1 Å². The number of hydrogen-bond donors (Lipinski definition) is 0. The Hall–Kier alpha value is -1.39. The van der Waals surface area contributed by atoms with Gasteiger partial charge >= 0.3 is 0 Å². The lowest BCUT2D eigenvalue weighted by atomic mass is 10.1. The molecule has 2 aromatic carbocycles. The summed E-state index contributed by atoms with van der Waals surface area (Å²) >= 11 is 6.51. The summed E-state index contributed by atoms with van der Waals surface area (Å²) in [6.45, 7) is 11.6. The maximum Gasteiger partial charge on any atom is 0.261 e. The van der Waals surface area contributed by atoms with Gasteiger partial charge in [-0.3, -0.25) is 0 Å². The predicted octanol–water partition coefficient (Wildman–Crippen LogP) is 6.85. The first-order chi connectivity index (χ1) is 15.9. The summed E-state index contributed by atoms with van der Waals surface area (Å²) in [6, 6.07) is 21.8. The molecule has 2 aromatic rings. The topological polar surface area (TPSA) is 21.8 Å². The van der Waals surface area contributed by atoms with Crippen LogP contribution in [0, 0.1) is 0 Å². The molecule has 0 N–H and O–H groups in total. The average Bonchev–Trinajstić information content (AvgIpc) is 3.58. The largest absolute Gasteiger partial charge is 0.407 e. The molecule has 4 heteroatoms. The lowest BCUT2D eigenvalue weighted by Gasteiger charge is -2.43. The number of rotatable bonds is 14. The molecule has 0 aliphatic carbocycles. The Balaban J connectivity index is 1.49. The highest BCUT2D eigenvalue weighted by atomic mass is 35.5. The van der Waals surface area contributed by atoms with E-state index in [-0.39, 0.29) is 16.5 Å². The Morgan fingerprint density at radius 1 is 0.939 bits per heavy atom. The quantitative estimate of drug-likeness (QED) is 0.0960. The van der Waals surface area contributed by atoms with E-state index in [0.29, 0.717) is 6.10 Å². The number of unbranched alkanes of at least 4 members (excludes halogenated alkanes) is 4. The highest BCUT2D eigenvalue weighted by molar-refractivity contribution is 6.99. The Bertz CT molecular complexity index is 794. The van der Waals surface area contributed by atoms with E-state index in [4.69, 9.17) is 20.8 Å². The van der Waals surface area contributed by atoms with Crippen molar-refractivity contribution in [3.63, 3.8) is 0 Å². The van der Waals surface area contributed by atoms with E-state index in [0.717, 1.165) is 25.9 Å². The maximum absolute atomic E-state index is 6.98. The lowest BCUT2D eigenvalue weighted by molar-refractivity contribution is 0.286. The second-order valence-corrected chi connectivity index (χ2v) is 15.1. The summed E-state index contributed by atoms with van der Waals surface area (Å²) in [4.78, 5) is 0. The van der Waals surface area contributed by atoms with E-state index in [9.17, 15) is 0 Å². The van der Waals surface area contributed by atoms with Crippen molar-refractivity contribution in [2.45, 2.75) is 88.3 Å². The molecule has 1 heterocycles. The van der Waals surface area contributed by atoms with Gasteiger partial charge in [0.2, 0.25) is 0 Å². The van der Waals surface area contributed by atoms with Crippen LogP contribution in [0.2, 0.25) is 5.04 Å². The van der Waals surface area contributed by atoms with E-state index in [2.05, 4.69) is 88.0 Å². The number of benzene rings is 2. The van der Waals surface area contributed by atoms with E-state index < -0.39 is 8.32 Å². The minimum Gasteiger partial charge on any atom is -0.407 e. The van der Waals surface area contributed by atoms with Gasteiger partial charge in [0.25, 0.3) is 8.32 Å². The molecule has 2 nitrogen and oxygen atoms in total. The van der Waals surface area contributed by atoms with Crippen molar-refractivity contribution in [3.8, 4) is 0 Å². The Morgan fingerprint density at radius 3 is 2.03 bits per heavy atom. The summed E-state index contributed by atoms with van der Waals surface area (Å²) in [6.07, 6.45) is 10.3. The Kier molecular flexibility index (Phi) is 9.81. The molecule has 0 spiro atoms. The van der Waals surface area contributed by atoms with Crippen molar-refractivity contribution in [2.75, 3.05) is 6.61 Å². The predicted molar refractivity (Wildman–Crippen MR) is 144 cm³/mol. The molecule has 0 aromatic heterocycles. The molecular weight excluding hydrogens is 444 g/mol. The summed E-state index contributed by atoms with van der Waals surface area (Å²) in [5.41, 5.74) is 0. The number of alkyl halides is 1. The molecule has 33 heavy (non-hydrogen) atoms. The molecule has 1 aliphatic heterocycles. The van der Waals surface area contributed by atoms with Crippen molar-refractivity contribution in [2.24, 2.45) is 0 Å². The third-order valence-electron chi connectivity index (χ3n) is 6.74. The SMILES string of the molecule is C=CC[C@H]1O[C@@H]1[C@H](Cl)CCCCCCCO[Si](c1ccccc1)(c1ccccc1)C(C)(C)C. The molecule has 0 saturated carbocycles. The fourth-order valence-electron chi connectivity index (χ4n) is 4.95. The molecule has 180 valence electrons. The van der Waals surface area contributed by atoms with Gasteiger partial charge in [0, 0.05) is 6.61 Å². The Labute approximate surface area is 207 Å². The highest BCUT2D eigenvalue weighted by Gasteiger charge is 2.50. The third-order valence-corrected chi connectivity index (χ3v) is 12.2.